The molecule has 1 aromatic rings. The lowest BCUT2D eigenvalue weighted by atomic mass is 10.1. The molecule has 0 spiro atoms. The maximum Gasteiger partial charge on any atom is 0.241 e. The molecule has 1 aromatic carbocycles. The average molecular weight is 287 g/mol. The molecule has 0 radical (unpaired) electrons. The molecule has 0 heterocycles. The third-order valence-electron chi connectivity index (χ3n) is 2.94. The topological polar surface area (TPSA) is 46.2 Å². The van der Waals surface area contributed by atoms with Gasteiger partial charge in [0.25, 0.3) is 0 Å². The fourth-order valence-corrected chi connectivity index (χ4v) is 3.63. The first-order valence-electron chi connectivity index (χ1n) is 6.50. The Morgan fingerprint density at radius 3 is 2.21 bits per heavy atom. The smallest absolute Gasteiger partial charge is 0.211 e. The van der Waals surface area contributed by atoms with Gasteiger partial charge in [0.2, 0.25) is 10.0 Å². The van der Waals surface area contributed by atoms with Gasteiger partial charge in [-0.2, -0.15) is 0 Å². The summed E-state index contributed by atoms with van der Waals surface area (Å²) in [6.07, 6.45) is 1.78. The van der Waals surface area contributed by atoms with Crippen molar-refractivity contribution in [3.05, 3.63) is 29.1 Å². The highest BCUT2D eigenvalue weighted by molar-refractivity contribution is 7.89. The molecule has 19 heavy (non-hydrogen) atoms. The highest BCUT2D eigenvalue weighted by Crippen LogP contribution is 2.21. The van der Waals surface area contributed by atoms with Gasteiger partial charge in [-0.25, -0.2) is 17.5 Å². The molecule has 0 atom stereocenters. The predicted octanol–water partition coefficient (Wildman–Crippen LogP) is 3.16. The zero-order chi connectivity index (χ0) is 14.6. The Hall–Kier alpha value is -0.940. The van der Waals surface area contributed by atoms with E-state index in [9.17, 15) is 12.8 Å². The molecule has 3 nitrogen and oxygen atoms in total. The van der Waals surface area contributed by atoms with Crippen LogP contribution in [-0.2, 0) is 10.0 Å². The second-order valence-corrected chi connectivity index (χ2v) is 7.01. The van der Waals surface area contributed by atoms with Gasteiger partial charge in [0.15, 0.2) is 0 Å². The fraction of sp³-hybridized carbons (Fsp3) is 0.571. The van der Waals surface area contributed by atoms with Crippen LogP contribution in [0.2, 0.25) is 0 Å². The number of halogens is 1. The summed E-state index contributed by atoms with van der Waals surface area (Å²) in [5.74, 6) is 0.146. The van der Waals surface area contributed by atoms with Crippen LogP contribution in [0.1, 0.15) is 37.8 Å². The number of sulfonamides is 1. The van der Waals surface area contributed by atoms with Crippen molar-refractivity contribution in [1.82, 2.24) is 4.72 Å². The van der Waals surface area contributed by atoms with Crippen LogP contribution < -0.4 is 4.72 Å². The van der Waals surface area contributed by atoms with Crippen LogP contribution in [0, 0.1) is 25.6 Å². The molecule has 0 saturated carbocycles. The SMILES string of the molecule is Cc1cc(F)cc(C)c1S(=O)(=O)NCCCC(C)C. The van der Waals surface area contributed by atoms with Crippen molar-refractivity contribution in [1.29, 1.82) is 0 Å². The van der Waals surface area contributed by atoms with E-state index in [4.69, 9.17) is 0 Å². The van der Waals surface area contributed by atoms with Crippen molar-refractivity contribution in [3.8, 4) is 0 Å². The van der Waals surface area contributed by atoms with Gasteiger partial charge in [0, 0.05) is 6.54 Å². The van der Waals surface area contributed by atoms with Gasteiger partial charge in [-0.3, -0.25) is 0 Å². The van der Waals surface area contributed by atoms with E-state index in [1.807, 2.05) is 0 Å². The second kappa shape index (κ2) is 6.48. The van der Waals surface area contributed by atoms with E-state index in [-0.39, 0.29) is 4.90 Å². The number of benzene rings is 1. The third-order valence-corrected chi connectivity index (χ3v) is 4.71. The highest BCUT2D eigenvalue weighted by atomic mass is 32.2. The number of rotatable bonds is 6. The summed E-state index contributed by atoms with van der Waals surface area (Å²) in [5, 5.41) is 0. The van der Waals surface area contributed by atoms with Gasteiger partial charge >= 0.3 is 0 Å². The van der Waals surface area contributed by atoms with Crippen molar-refractivity contribution in [2.45, 2.75) is 45.4 Å². The Kier molecular flexibility index (Phi) is 5.50. The van der Waals surface area contributed by atoms with E-state index in [0.717, 1.165) is 12.8 Å². The number of aryl methyl sites for hydroxylation is 2. The van der Waals surface area contributed by atoms with Gasteiger partial charge < -0.3 is 0 Å². The Labute approximate surface area is 115 Å². The Balaban J connectivity index is 2.84. The number of hydrogen-bond acceptors (Lipinski definition) is 2. The second-order valence-electron chi connectivity index (χ2n) is 5.30. The minimum absolute atomic E-state index is 0.193. The molecule has 0 bridgehead atoms. The average Bonchev–Trinajstić information content (AvgIpc) is 2.22. The lowest BCUT2D eigenvalue weighted by molar-refractivity contribution is 0.539. The monoisotopic (exact) mass is 287 g/mol. The largest absolute Gasteiger partial charge is 0.241 e. The number of hydrogen-bond donors (Lipinski definition) is 1. The molecule has 1 rings (SSSR count). The van der Waals surface area contributed by atoms with Gasteiger partial charge in [0.1, 0.15) is 5.82 Å². The van der Waals surface area contributed by atoms with Crippen molar-refractivity contribution < 1.29 is 12.8 Å². The molecular weight excluding hydrogens is 265 g/mol. The zero-order valence-corrected chi connectivity index (χ0v) is 12.8. The minimum atomic E-state index is -3.55. The molecule has 0 unspecified atom stereocenters. The van der Waals surface area contributed by atoms with Crippen LogP contribution in [0.15, 0.2) is 17.0 Å². The van der Waals surface area contributed by atoms with Crippen LogP contribution >= 0.6 is 0 Å². The molecule has 0 aliphatic carbocycles. The van der Waals surface area contributed by atoms with Gasteiger partial charge in [0.05, 0.1) is 4.90 Å². The number of nitrogens with one attached hydrogen (secondary N) is 1. The van der Waals surface area contributed by atoms with Crippen LogP contribution in [0.5, 0.6) is 0 Å². The summed E-state index contributed by atoms with van der Waals surface area (Å²) in [4.78, 5) is 0.193. The van der Waals surface area contributed by atoms with E-state index in [1.165, 1.54) is 12.1 Å². The molecule has 0 aliphatic heterocycles. The van der Waals surface area contributed by atoms with Gasteiger partial charge in [-0.1, -0.05) is 13.8 Å². The molecule has 0 fully saturated rings. The Morgan fingerprint density at radius 2 is 1.74 bits per heavy atom. The lowest BCUT2D eigenvalue weighted by Crippen LogP contribution is -2.26. The minimum Gasteiger partial charge on any atom is -0.211 e. The molecule has 0 amide bonds. The maximum atomic E-state index is 13.2. The first kappa shape index (κ1) is 16.1. The van der Waals surface area contributed by atoms with Gasteiger partial charge in [-0.15, -0.1) is 0 Å². The standard InChI is InChI=1S/C14H22FNO2S/c1-10(2)6-5-7-16-19(17,18)14-11(3)8-13(15)9-12(14)4/h8-10,16H,5-7H2,1-4H3. The van der Waals surface area contributed by atoms with Crippen LogP contribution in [0.25, 0.3) is 0 Å². The van der Waals surface area contributed by atoms with Crippen LogP contribution in [-0.4, -0.2) is 15.0 Å². The van der Waals surface area contributed by atoms with E-state index in [1.54, 1.807) is 13.8 Å². The van der Waals surface area contributed by atoms with Crippen molar-refractivity contribution in [2.24, 2.45) is 5.92 Å². The van der Waals surface area contributed by atoms with E-state index >= 15 is 0 Å². The molecule has 1 N–H and O–H groups in total. The summed E-state index contributed by atoms with van der Waals surface area (Å²) < 4.78 is 40.2. The van der Waals surface area contributed by atoms with Gasteiger partial charge in [-0.05, 0) is 55.9 Å². The summed E-state index contributed by atoms with van der Waals surface area (Å²) in [7, 11) is -3.55. The summed E-state index contributed by atoms with van der Waals surface area (Å²) in [6.45, 7) is 7.83. The van der Waals surface area contributed by atoms with Crippen LogP contribution in [0.3, 0.4) is 0 Å². The van der Waals surface area contributed by atoms with Crippen molar-refractivity contribution in [2.75, 3.05) is 6.54 Å². The predicted molar refractivity (Wildman–Crippen MR) is 75.1 cm³/mol. The first-order chi connectivity index (χ1) is 8.74. The third kappa shape index (κ3) is 4.58. The molecule has 0 aliphatic rings. The zero-order valence-electron chi connectivity index (χ0n) is 12.0. The first-order valence-corrected chi connectivity index (χ1v) is 7.98. The molecular formula is C14H22FNO2S. The van der Waals surface area contributed by atoms with E-state index in [2.05, 4.69) is 18.6 Å². The summed E-state index contributed by atoms with van der Waals surface area (Å²) >= 11 is 0. The van der Waals surface area contributed by atoms with Crippen LogP contribution in [0.4, 0.5) is 4.39 Å². The summed E-state index contributed by atoms with van der Waals surface area (Å²) in [5.41, 5.74) is 0.878. The highest BCUT2D eigenvalue weighted by Gasteiger charge is 2.19. The molecule has 5 heteroatoms. The maximum absolute atomic E-state index is 13.2. The van der Waals surface area contributed by atoms with E-state index < -0.39 is 15.8 Å². The normalized spacial score (nSPS) is 12.1. The summed E-state index contributed by atoms with van der Waals surface area (Å²) in [6, 6.07) is 2.49. The quantitative estimate of drug-likeness (QED) is 0.817. The molecule has 108 valence electrons. The van der Waals surface area contributed by atoms with Crippen molar-refractivity contribution >= 4 is 10.0 Å². The fourth-order valence-electron chi connectivity index (χ4n) is 2.11. The molecule has 0 saturated heterocycles. The Bertz CT molecular complexity index is 515. The van der Waals surface area contributed by atoms with Crippen molar-refractivity contribution in [3.63, 3.8) is 0 Å². The van der Waals surface area contributed by atoms with E-state index in [0.29, 0.717) is 23.6 Å². The Morgan fingerprint density at radius 1 is 1.21 bits per heavy atom. The lowest BCUT2D eigenvalue weighted by Gasteiger charge is -2.12. The molecule has 0 aromatic heterocycles.